The number of sulfone groups is 1. The molecule has 0 spiro atoms. The molecule has 2 N–H and O–H groups in total. The largest absolute Gasteiger partial charge is 0.369 e. The Balaban J connectivity index is 3.09. The first kappa shape index (κ1) is 15.9. The third kappa shape index (κ3) is 2.73. The van der Waals surface area contributed by atoms with Crippen LogP contribution >= 0.6 is 0 Å². The van der Waals surface area contributed by atoms with E-state index in [0.717, 1.165) is 6.42 Å². The van der Waals surface area contributed by atoms with Gasteiger partial charge in [-0.1, -0.05) is 0 Å². The third-order valence-electron chi connectivity index (χ3n) is 4.34. The lowest BCUT2D eigenvalue weighted by molar-refractivity contribution is -0.0773. The minimum absolute atomic E-state index is 0.0252. The summed E-state index contributed by atoms with van der Waals surface area (Å²) in [4.78, 5) is 0. The Hall–Kier alpha value is -0.130. The molecule has 0 aromatic rings. The topological polar surface area (TPSA) is 69.4 Å². The van der Waals surface area contributed by atoms with E-state index in [2.05, 4.69) is 0 Å². The second-order valence-corrected chi connectivity index (χ2v) is 9.77. The summed E-state index contributed by atoms with van der Waals surface area (Å²) in [6, 6.07) is -0.440. The lowest BCUT2D eigenvalue weighted by atomic mass is 9.77. The van der Waals surface area contributed by atoms with E-state index in [1.807, 2.05) is 27.7 Å². The molecule has 1 aliphatic heterocycles. The van der Waals surface area contributed by atoms with Gasteiger partial charge in [0.05, 0.1) is 15.9 Å². The Morgan fingerprint density at radius 3 is 2.00 bits per heavy atom. The van der Waals surface area contributed by atoms with Gasteiger partial charge in [0.2, 0.25) is 0 Å². The molecule has 0 aliphatic carbocycles. The van der Waals surface area contributed by atoms with Crippen LogP contribution in [0.4, 0.5) is 0 Å². The third-order valence-corrected chi connectivity index (χ3v) is 6.52. The quantitative estimate of drug-likeness (QED) is 0.853. The molecule has 2 unspecified atom stereocenters. The minimum atomic E-state index is -3.21. The highest BCUT2D eigenvalue weighted by molar-refractivity contribution is 7.92. The summed E-state index contributed by atoms with van der Waals surface area (Å²) in [5.74, 6) is 0.0252. The van der Waals surface area contributed by atoms with Crippen molar-refractivity contribution in [2.45, 2.75) is 70.0 Å². The Kier molecular flexibility index (Phi) is 3.70. The van der Waals surface area contributed by atoms with Crippen molar-refractivity contribution in [3.05, 3.63) is 0 Å². The van der Waals surface area contributed by atoms with Crippen molar-refractivity contribution in [1.29, 1.82) is 0 Å². The standard InChI is InChI=1S/C13H27NO3S/c1-11(2)8-9(12(3,4)17-11)10(14)13(5,6)18(7,15)16/h9-10H,8,14H2,1-7H3. The summed E-state index contributed by atoms with van der Waals surface area (Å²) in [6.07, 6.45) is 2.03. The predicted molar refractivity (Wildman–Crippen MR) is 74.2 cm³/mol. The maximum Gasteiger partial charge on any atom is 0.154 e. The second-order valence-electron chi connectivity index (χ2n) is 7.18. The lowest BCUT2D eigenvalue weighted by Crippen LogP contribution is -2.56. The Morgan fingerprint density at radius 1 is 1.28 bits per heavy atom. The van der Waals surface area contributed by atoms with Crippen molar-refractivity contribution in [3.63, 3.8) is 0 Å². The van der Waals surface area contributed by atoms with Crippen molar-refractivity contribution in [2.24, 2.45) is 11.7 Å². The zero-order valence-electron chi connectivity index (χ0n) is 12.6. The molecular weight excluding hydrogens is 250 g/mol. The van der Waals surface area contributed by atoms with Gasteiger partial charge in [-0.15, -0.1) is 0 Å². The van der Waals surface area contributed by atoms with Gasteiger partial charge in [0.15, 0.2) is 9.84 Å². The highest BCUT2D eigenvalue weighted by Crippen LogP contribution is 2.45. The van der Waals surface area contributed by atoms with Crippen LogP contribution < -0.4 is 5.73 Å². The summed E-state index contributed by atoms with van der Waals surface area (Å²) in [7, 11) is -3.21. The first-order valence-corrected chi connectivity index (χ1v) is 8.25. The SMILES string of the molecule is CC1(C)CC(C(N)C(C)(C)S(C)(=O)=O)C(C)(C)O1. The van der Waals surface area contributed by atoms with Gasteiger partial charge in [-0.2, -0.15) is 0 Å². The van der Waals surface area contributed by atoms with Crippen molar-refractivity contribution < 1.29 is 13.2 Å². The van der Waals surface area contributed by atoms with Gasteiger partial charge in [-0.25, -0.2) is 8.42 Å². The van der Waals surface area contributed by atoms with Gasteiger partial charge in [0.25, 0.3) is 0 Å². The summed E-state index contributed by atoms with van der Waals surface area (Å²) in [5.41, 5.74) is 5.63. The fourth-order valence-electron chi connectivity index (χ4n) is 2.90. The monoisotopic (exact) mass is 277 g/mol. The van der Waals surface area contributed by atoms with Gasteiger partial charge < -0.3 is 10.5 Å². The highest BCUT2D eigenvalue weighted by atomic mass is 32.2. The van der Waals surface area contributed by atoms with E-state index in [-0.39, 0.29) is 11.5 Å². The molecule has 1 heterocycles. The molecule has 4 nitrogen and oxygen atoms in total. The van der Waals surface area contributed by atoms with E-state index in [0.29, 0.717) is 0 Å². The van der Waals surface area contributed by atoms with E-state index in [4.69, 9.17) is 10.5 Å². The van der Waals surface area contributed by atoms with Gasteiger partial charge in [0, 0.05) is 18.2 Å². The zero-order chi connectivity index (χ0) is 14.6. The Morgan fingerprint density at radius 2 is 1.72 bits per heavy atom. The summed E-state index contributed by atoms with van der Waals surface area (Å²) in [5, 5.41) is 0. The minimum Gasteiger partial charge on any atom is -0.369 e. The lowest BCUT2D eigenvalue weighted by Gasteiger charge is -2.38. The summed E-state index contributed by atoms with van der Waals surface area (Å²) < 4.78 is 28.9. The highest BCUT2D eigenvalue weighted by Gasteiger charge is 2.53. The zero-order valence-corrected chi connectivity index (χ0v) is 13.4. The van der Waals surface area contributed by atoms with E-state index in [1.54, 1.807) is 13.8 Å². The molecule has 1 saturated heterocycles. The molecule has 1 fully saturated rings. The fraction of sp³-hybridized carbons (Fsp3) is 1.00. The predicted octanol–water partition coefficient (Wildman–Crippen LogP) is 1.73. The van der Waals surface area contributed by atoms with Gasteiger partial charge in [0.1, 0.15) is 0 Å². The molecule has 2 atom stereocenters. The van der Waals surface area contributed by atoms with Gasteiger partial charge in [-0.05, 0) is 48.0 Å². The van der Waals surface area contributed by atoms with E-state index in [9.17, 15) is 8.42 Å². The molecule has 5 heteroatoms. The molecule has 1 rings (SSSR count). The number of ether oxygens (including phenoxy) is 1. The van der Waals surface area contributed by atoms with Crippen LogP contribution in [0.15, 0.2) is 0 Å². The van der Waals surface area contributed by atoms with E-state index < -0.39 is 26.2 Å². The van der Waals surface area contributed by atoms with Crippen LogP contribution in [0.2, 0.25) is 0 Å². The molecule has 0 bridgehead atoms. The molecule has 0 amide bonds. The number of hydrogen-bond donors (Lipinski definition) is 1. The van der Waals surface area contributed by atoms with Crippen molar-refractivity contribution in [1.82, 2.24) is 0 Å². The Labute approximate surface area is 111 Å². The number of rotatable bonds is 3. The van der Waals surface area contributed by atoms with Gasteiger partial charge >= 0.3 is 0 Å². The van der Waals surface area contributed by atoms with Crippen LogP contribution in [0.1, 0.15) is 48.0 Å². The normalized spacial score (nSPS) is 29.2. The molecule has 0 radical (unpaired) electrons. The maximum atomic E-state index is 11.9. The average Bonchev–Trinajstić information content (AvgIpc) is 2.30. The summed E-state index contributed by atoms with van der Waals surface area (Å²) in [6.45, 7) is 11.4. The first-order valence-electron chi connectivity index (χ1n) is 6.36. The molecule has 0 aromatic carbocycles. The summed E-state index contributed by atoms with van der Waals surface area (Å²) >= 11 is 0. The van der Waals surface area contributed by atoms with Crippen molar-refractivity contribution in [2.75, 3.05) is 6.26 Å². The van der Waals surface area contributed by atoms with Crippen LogP contribution in [0.3, 0.4) is 0 Å². The van der Waals surface area contributed by atoms with Crippen LogP contribution in [-0.4, -0.2) is 36.7 Å². The van der Waals surface area contributed by atoms with Crippen LogP contribution in [-0.2, 0) is 14.6 Å². The van der Waals surface area contributed by atoms with E-state index in [1.165, 1.54) is 6.26 Å². The van der Waals surface area contributed by atoms with Crippen LogP contribution in [0.5, 0.6) is 0 Å². The average molecular weight is 277 g/mol. The molecule has 0 saturated carbocycles. The molecule has 0 aromatic heterocycles. The number of nitrogens with two attached hydrogens (primary N) is 1. The molecule has 108 valence electrons. The fourth-order valence-corrected chi connectivity index (χ4v) is 3.55. The van der Waals surface area contributed by atoms with Gasteiger partial charge in [-0.3, -0.25) is 0 Å². The van der Waals surface area contributed by atoms with Crippen LogP contribution in [0, 0.1) is 5.92 Å². The smallest absolute Gasteiger partial charge is 0.154 e. The number of hydrogen-bond acceptors (Lipinski definition) is 4. The van der Waals surface area contributed by atoms with Crippen molar-refractivity contribution in [3.8, 4) is 0 Å². The van der Waals surface area contributed by atoms with Crippen molar-refractivity contribution >= 4 is 9.84 Å². The maximum absolute atomic E-state index is 11.9. The Bertz CT molecular complexity index is 424. The first-order chi connectivity index (χ1) is 7.71. The second kappa shape index (κ2) is 4.18. The van der Waals surface area contributed by atoms with Crippen LogP contribution in [0.25, 0.3) is 0 Å². The molecule has 18 heavy (non-hydrogen) atoms. The molecular formula is C13H27NO3S. The molecule has 1 aliphatic rings. The van der Waals surface area contributed by atoms with E-state index >= 15 is 0 Å².